The molecule has 0 aliphatic carbocycles. The van der Waals surface area contributed by atoms with Gasteiger partial charge in [-0.05, 0) is 24.3 Å². The number of benzene rings is 1. The third kappa shape index (κ3) is 2.42. The van der Waals surface area contributed by atoms with E-state index in [4.69, 9.17) is 11.8 Å². The average molecular weight is 341 g/mol. The lowest BCUT2D eigenvalue weighted by Crippen LogP contribution is -1.96. The monoisotopic (exact) mass is 340 g/mol. The lowest BCUT2D eigenvalue weighted by molar-refractivity contribution is 0.706. The van der Waals surface area contributed by atoms with Crippen molar-refractivity contribution in [2.24, 2.45) is 0 Å². The van der Waals surface area contributed by atoms with Crippen LogP contribution in [-0.2, 0) is 0 Å². The molecule has 0 atom stereocenters. The van der Waals surface area contributed by atoms with Gasteiger partial charge in [0.25, 0.3) is 0 Å². The highest BCUT2D eigenvalue weighted by atomic mass is 35.5. The van der Waals surface area contributed by atoms with E-state index in [1.54, 1.807) is 17.0 Å². The zero-order chi connectivity index (χ0) is 16.5. The molecule has 0 bridgehead atoms. The highest BCUT2D eigenvalue weighted by Crippen LogP contribution is 2.20. The molecule has 0 unspecified atom stereocenters. The van der Waals surface area contributed by atoms with Gasteiger partial charge in [0.15, 0.2) is 0 Å². The standard InChI is InChI=1S/C10H8N4.C5H5ClN4/c1-2-4-8(5-3-1)10-9-6-7-11-14(9)13-12-10;1-4-2-5-3-7-8-10(5)9(4)6/h1-7,13H;2-3H,1H3. The fourth-order valence-electron chi connectivity index (χ4n) is 2.41. The summed E-state index contributed by atoms with van der Waals surface area (Å²) < 4.78 is 4.60. The van der Waals surface area contributed by atoms with Crippen molar-refractivity contribution < 1.29 is 0 Å². The quantitative estimate of drug-likeness (QED) is 0.508. The van der Waals surface area contributed by atoms with Gasteiger partial charge in [-0.3, -0.25) is 0 Å². The van der Waals surface area contributed by atoms with Crippen molar-refractivity contribution in [3.05, 3.63) is 60.6 Å². The molecule has 9 heteroatoms. The van der Waals surface area contributed by atoms with Crippen LogP contribution in [-0.4, -0.2) is 39.2 Å². The number of nitrogens with one attached hydrogen (secondary N) is 1. The summed E-state index contributed by atoms with van der Waals surface area (Å²) in [6, 6.07) is 13.9. The van der Waals surface area contributed by atoms with Crippen LogP contribution in [0.25, 0.3) is 22.3 Å². The second-order valence-electron chi connectivity index (χ2n) is 5.15. The number of fused-ring (bicyclic) bond motifs is 2. The molecule has 0 amide bonds. The smallest absolute Gasteiger partial charge is 0.120 e. The van der Waals surface area contributed by atoms with Crippen LogP contribution in [0, 0.1) is 6.92 Å². The zero-order valence-electron chi connectivity index (χ0n) is 12.7. The summed E-state index contributed by atoms with van der Waals surface area (Å²) >= 11 is 5.76. The fraction of sp³-hybridized carbons (Fsp3) is 0.0667. The molecule has 0 saturated carbocycles. The maximum Gasteiger partial charge on any atom is 0.120 e. The van der Waals surface area contributed by atoms with E-state index < -0.39 is 0 Å². The van der Waals surface area contributed by atoms with Crippen LogP contribution in [0.1, 0.15) is 5.69 Å². The molecule has 8 nitrogen and oxygen atoms in total. The Morgan fingerprint density at radius 2 is 1.96 bits per heavy atom. The first-order chi connectivity index (χ1) is 11.7. The van der Waals surface area contributed by atoms with Crippen molar-refractivity contribution in [3.8, 4) is 11.3 Å². The van der Waals surface area contributed by atoms with Gasteiger partial charge in [-0.1, -0.05) is 30.3 Å². The van der Waals surface area contributed by atoms with Crippen molar-refractivity contribution in [1.82, 2.24) is 39.2 Å². The third-order valence-electron chi connectivity index (χ3n) is 3.56. The van der Waals surface area contributed by atoms with Crippen LogP contribution in [0.5, 0.6) is 0 Å². The van der Waals surface area contributed by atoms with Crippen LogP contribution < -0.4 is 0 Å². The van der Waals surface area contributed by atoms with Crippen molar-refractivity contribution in [3.63, 3.8) is 0 Å². The molecule has 120 valence electrons. The van der Waals surface area contributed by atoms with Crippen LogP contribution in [0.2, 0.25) is 0 Å². The van der Waals surface area contributed by atoms with Crippen LogP contribution >= 0.6 is 11.8 Å². The Morgan fingerprint density at radius 1 is 1.12 bits per heavy atom. The molecule has 5 aromatic rings. The minimum absolute atomic E-state index is 0.910. The predicted octanol–water partition coefficient (Wildman–Crippen LogP) is 2.57. The maximum atomic E-state index is 5.76. The molecule has 1 N–H and O–H groups in total. The van der Waals surface area contributed by atoms with Gasteiger partial charge < -0.3 is 0 Å². The van der Waals surface area contributed by atoms with Gasteiger partial charge in [0, 0.05) is 17.3 Å². The van der Waals surface area contributed by atoms with Crippen LogP contribution in [0.3, 0.4) is 0 Å². The fourth-order valence-corrected chi connectivity index (χ4v) is 2.58. The van der Waals surface area contributed by atoms with Gasteiger partial charge in [0.1, 0.15) is 16.7 Å². The topological polar surface area (TPSA) is 81.1 Å². The zero-order valence-corrected chi connectivity index (χ0v) is 13.5. The van der Waals surface area contributed by atoms with Crippen molar-refractivity contribution in [2.75, 3.05) is 0 Å². The van der Waals surface area contributed by atoms with Crippen molar-refractivity contribution in [1.29, 1.82) is 0 Å². The molecular formula is C15H13ClN8. The van der Waals surface area contributed by atoms with E-state index in [0.29, 0.717) is 0 Å². The molecule has 4 aromatic heterocycles. The molecule has 0 spiro atoms. The van der Waals surface area contributed by atoms with Gasteiger partial charge >= 0.3 is 0 Å². The van der Waals surface area contributed by atoms with E-state index >= 15 is 0 Å². The molecular weight excluding hydrogens is 328 g/mol. The Bertz CT molecular complexity index is 1080. The van der Waals surface area contributed by atoms with E-state index in [2.05, 4.69) is 25.7 Å². The molecule has 0 radical (unpaired) electrons. The van der Waals surface area contributed by atoms with Gasteiger partial charge in [-0.25, -0.2) is 0 Å². The SMILES string of the molecule is Cc1cc2cnnn2n1Cl.c1ccc(-c2n[nH]n3nccc23)cc1. The van der Waals surface area contributed by atoms with E-state index in [9.17, 15) is 0 Å². The minimum Gasteiger partial charge on any atom is -0.197 e. The predicted molar refractivity (Wildman–Crippen MR) is 89.7 cm³/mol. The molecule has 0 aliphatic rings. The summed E-state index contributed by atoms with van der Waals surface area (Å²) in [7, 11) is 0. The number of hydrogen-bond donors (Lipinski definition) is 1. The highest BCUT2D eigenvalue weighted by molar-refractivity contribution is 6.15. The Hall–Kier alpha value is -3.13. The first kappa shape index (κ1) is 14.5. The maximum absolute atomic E-state index is 5.76. The summed E-state index contributed by atoms with van der Waals surface area (Å²) in [4.78, 5) is 0. The van der Waals surface area contributed by atoms with Gasteiger partial charge in [0.05, 0.1) is 18.1 Å². The average Bonchev–Trinajstić information content (AvgIpc) is 3.34. The number of halogens is 1. The first-order valence-corrected chi connectivity index (χ1v) is 7.56. The Balaban J connectivity index is 0.000000129. The lowest BCUT2D eigenvalue weighted by Gasteiger charge is -1.93. The lowest BCUT2D eigenvalue weighted by atomic mass is 10.1. The third-order valence-corrected chi connectivity index (χ3v) is 3.97. The number of rotatable bonds is 1. The van der Waals surface area contributed by atoms with Crippen LogP contribution in [0.4, 0.5) is 0 Å². The number of aryl methyl sites for hydroxylation is 1. The summed E-state index contributed by atoms with van der Waals surface area (Å²) in [6.45, 7) is 1.90. The Labute approximate surface area is 141 Å². The largest absolute Gasteiger partial charge is 0.197 e. The van der Waals surface area contributed by atoms with Gasteiger partial charge in [-0.2, -0.15) is 24.2 Å². The van der Waals surface area contributed by atoms with E-state index in [1.807, 2.05) is 49.4 Å². The summed E-state index contributed by atoms with van der Waals surface area (Å²) in [6.07, 6.45) is 3.41. The van der Waals surface area contributed by atoms with E-state index in [-0.39, 0.29) is 0 Å². The number of aromatic amines is 1. The van der Waals surface area contributed by atoms with E-state index in [0.717, 1.165) is 28.0 Å². The van der Waals surface area contributed by atoms with Crippen molar-refractivity contribution >= 4 is 22.8 Å². The second kappa shape index (κ2) is 5.82. The highest BCUT2D eigenvalue weighted by Gasteiger charge is 2.07. The van der Waals surface area contributed by atoms with Crippen LogP contribution in [0.15, 0.2) is 54.9 Å². The van der Waals surface area contributed by atoms with Gasteiger partial charge in [0.2, 0.25) is 0 Å². The van der Waals surface area contributed by atoms with Gasteiger partial charge in [-0.15, -0.1) is 9.73 Å². The molecule has 5 rings (SSSR count). The minimum atomic E-state index is 0.910. The second-order valence-corrected chi connectivity index (χ2v) is 5.47. The van der Waals surface area contributed by atoms with Crippen molar-refractivity contribution in [2.45, 2.75) is 6.92 Å². The first-order valence-electron chi connectivity index (χ1n) is 7.23. The number of aromatic nitrogens is 8. The molecule has 0 saturated heterocycles. The molecule has 0 fully saturated rings. The summed E-state index contributed by atoms with van der Waals surface area (Å²) in [5.41, 5.74) is 4.89. The van der Waals surface area contributed by atoms with E-state index in [1.165, 1.54) is 8.83 Å². The molecule has 0 aliphatic heterocycles. The number of nitrogens with zero attached hydrogens (tertiary/aromatic N) is 7. The number of hydrogen-bond acceptors (Lipinski definition) is 4. The Kier molecular flexibility index (Phi) is 3.51. The molecule has 1 aromatic carbocycles. The summed E-state index contributed by atoms with van der Waals surface area (Å²) in [5.74, 6) is 0. The molecule has 24 heavy (non-hydrogen) atoms. The normalized spacial score (nSPS) is 10.9. The Morgan fingerprint density at radius 3 is 2.75 bits per heavy atom. The molecule has 4 heterocycles. The summed E-state index contributed by atoms with van der Waals surface area (Å²) in [5, 5.41) is 18.5. The number of H-pyrrole nitrogens is 1.